The molecule has 0 spiro atoms. The number of piperidine rings is 1. The first-order valence-electron chi connectivity index (χ1n) is 6.51. The van der Waals surface area contributed by atoms with Crippen LogP contribution in [0.2, 0.25) is 0 Å². The van der Waals surface area contributed by atoms with Gasteiger partial charge in [0, 0.05) is 16.6 Å². The third-order valence-corrected chi connectivity index (χ3v) is 4.30. The van der Waals surface area contributed by atoms with Gasteiger partial charge in [0.05, 0.1) is 12.7 Å². The summed E-state index contributed by atoms with van der Waals surface area (Å²) in [5.74, 6) is -0.214. The molecule has 2 bridgehead atoms. The van der Waals surface area contributed by atoms with Crippen molar-refractivity contribution >= 4 is 15.9 Å². The van der Waals surface area contributed by atoms with Gasteiger partial charge in [0.1, 0.15) is 5.82 Å². The number of hydrogen-bond acceptors (Lipinski definition) is 2. The lowest BCUT2D eigenvalue weighted by atomic mass is 10.0. The molecule has 2 nitrogen and oxygen atoms in total. The van der Waals surface area contributed by atoms with Crippen LogP contribution in [0.5, 0.6) is 0 Å². The van der Waals surface area contributed by atoms with Gasteiger partial charge < -0.3 is 10.1 Å². The van der Waals surface area contributed by atoms with E-state index in [0.29, 0.717) is 24.8 Å². The van der Waals surface area contributed by atoms with E-state index in [1.165, 1.54) is 18.9 Å². The van der Waals surface area contributed by atoms with Crippen molar-refractivity contribution in [1.82, 2.24) is 5.32 Å². The van der Waals surface area contributed by atoms with Crippen molar-refractivity contribution in [1.29, 1.82) is 0 Å². The molecule has 2 heterocycles. The molecule has 2 aliphatic heterocycles. The van der Waals surface area contributed by atoms with Gasteiger partial charge >= 0.3 is 0 Å². The van der Waals surface area contributed by atoms with Crippen molar-refractivity contribution in [3.05, 3.63) is 34.1 Å². The number of fused-ring (bicyclic) bond motifs is 2. The van der Waals surface area contributed by atoms with Crippen molar-refractivity contribution in [3.63, 3.8) is 0 Å². The maximum Gasteiger partial charge on any atom is 0.124 e. The zero-order valence-corrected chi connectivity index (χ0v) is 11.7. The van der Waals surface area contributed by atoms with E-state index in [1.54, 1.807) is 6.07 Å². The quantitative estimate of drug-likeness (QED) is 0.923. The first kappa shape index (κ1) is 12.6. The molecule has 0 aromatic heterocycles. The molecule has 18 heavy (non-hydrogen) atoms. The van der Waals surface area contributed by atoms with E-state index in [2.05, 4.69) is 21.2 Å². The van der Waals surface area contributed by atoms with Crippen LogP contribution in [0, 0.1) is 5.82 Å². The zero-order valence-electron chi connectivity index (χ0n) is 10.2. The van der Waals surface area contributed by atoms with E-state index in [9.17, 15) is 4.39 Å². The van der Waals surface area contributed by atoms with Crippen molar-refractivity contribution in [2.75, 3.05) is 0 Å². The average molecular weight is 314 g/mol. The smallest absolute Gasteiger partial charge is 0.124 e. The highest BCUT2D eigenvalue weighted by molar-refractivity contribution is 9.10. The van der Waals surface area contributed by atoms with Crippen LogP contribution in [0.3, 0.4) is 0 Å². The molecule has 1 N–H and O–H groups in total. The number of halogens is 2. The first-order chi connectivity index (χ1) is 8.69. The highest BCUT2D eigenvalue weighted by atomic mass is 79.9. The highest BCUT2D eigenvalue weighted by Gasteiger charge is 2.33. The minimum absolute atomic E-state index is 0.214. The SMILES string of the molecule is Fc1cc(Br)cc(COC2CC3CCC(C2)N3)c1. The Hall–Kier alpha value is -0.450. The fourth-order valence-corrected chi connectivity index (χ4v) is 3.56. The standard InChI is InChI=1S/C14H17BrFNO/c15-10-3-9(4-11(16)5-10)8-18-14-6-12-1-2-13(7-14)17-12/h3-5,12-14,17H,1-2,6-8H2. The molecule has 1 aromatic carbocycles. The second-order valence-corrected chi connectivity index (χ2v) is 6.24. The van der Waals surface area contributed by atoms with E-state index in [4.69, 9.17) is 4.74 Å². The summed E-state index contributed by atoms with van der Waals surface area (Å²) in [6.07, 6.45) is 5.05. The number of rotatable bonds is 3. The van der Waals surface area contributed by atoms with Crippen molar-refractivity contribution in [3.8, 4) is 0 Å². The van der Waals surface area contributed by atoms with Crippen molar-refractivity contribution in [2.24, 2.45) is 0 Å². The van der Waals surface area contributed by atoms with Gasteiger partial charge in [-0.15, -0.1) is 0 Å². The minimum atomic E-state index is -0.214. The van der Waals surface area contributed by atoms with Gasteiger partial charge in [-0.3, -0.25) is 0 Å². The second kappa shape index (κ2) is 5.27. The van der Waals surface area contributed by atoms with Crippen LogP contribution in [0.1, 0.15) is 31.2 Å². The maximum absolute atomic E-state index is 13.2. The zero-order chi connectivity index (χ0) is 12.5. The molecule has 0 saturated carbocycles. The number of hydrogen-bond donors (Lipinski definition) is 1. The van der Waals surface area contributed by atoms with Gasteiger partial charge in [0.25, 0.3) is 0 Å². The summed E-state index contributed by atoms with van der Waals surface area (Å²) in [6.45, 7) is 0.500. The summed E-state index contributed by atoms with van der Waals surface area (Å²) in [4.78, 5) is 0. The normalized spacial score (nSPS) is 30.7. The topological polar surface area (TPSA) is 21.3 Å². The molecule has 0 radical (unpaired) electrons. The average Bonchev–Trinajstić information content (AvgIpc) is 2.65. The van der Waals surface area contributed by atoms with Gasteiger partial charge in [-0.25, -0.2) is 4.39 Å². The molecule has 2 saturated heterocycles. The van der Waals surface area contributed by atoms with Crippen LogP contribution in [0.15, 0.2) is 22.7 Å². The van der Waals surface area contributed by atoms with Gasteiger partial charge in [0.15, 0.2) is 0 Å². The summed E-state index contributed by atoms with van der Waals surface area (Å²) in [6, 6.07) is 6.19. The van der Waals surface area contributed by atoms with Crippen molar-refractivity contribution < 1.29 is 9.13 Å². The van der Waals surface area contributed by atoms with Crippen LogP contribution in [0.4, 0.5) is 4.39 Å². The van der Waals surface area contributed by atoms with E-state index < -0.39 is 0 Å². The molecule has 0 amide bonds. The molecule has 98 valence electrons. The molecule has 2 unspecified atom stereocenters. The van der Waals surface area contributed by atoms with Crippen LogP contribution in [0.25, 0.3) is 0 Å². The molecule has 2 atom stereocenters. The molecular formula is C14H17BrFNO. The Morgan fingerprint density at radius 1 is 1.22 bits per heavy atom. The lowest BCUT2D eigenvalue weighted by Crippen LogP contribution is -2.41. The summed E-state index contributed by atoms with van der Waals surface area (Å²) in [5, 5.41) is 3.59. The van der Waals surface area contributed by atoms with Gasteiger partial charge in [-0.1, -0.05) is 15.9 Å². The number of ether oxygens (including phenoxy) is 1. The molecule has 4 heteroatoms. The number of benzene rings is 1. The Kier molecular flexibility index (Phi) is 3.68. The Morgan fingerprint density at radius 2 is 1.94 bits per heavy atom. The van der Waals surface area contributed by atoms with E-state index in [-0.39, 0.29) is 5.82 Å². The van der Waals surface area contributed by atoms with E-state index in [1.807, 2.05) is 6.07 Å². The Bertz CT molecular complexity index is 408. The highest BCUT2D eigenvalue weighted by Crippen LogP contribution is 2.29. The Balaban J connectivity index is 1.57. The lowest BCUT2D eigenvalue weighted by molar-refractivity contribution is 0.00905. The summed E-state index contributed by atoms with van der Waals surface area (Å²) < 4.78 is 19.9. The van der Waals surface area contributed by atoms with Crippen LogP contribution in [-0.2, 0) is 11.3 Å². The third-order valence-electron chi connectivity index (χ3n) is 3.84. The monoisotopic (exact) mass is 313 g/mol. The molecule has 2 fully saturated rings. The molecule has 0 aliphatic carbocycles. The third kappa shape index (κ3) is 2.92. The fourth-order valence-electron chi connectivity index (χ4n) is 3.05. The van der Waals surface area contributed by atoms with Crippen LogP contribution >= 0.6 is 15.9 Å². The predicted octanol–water partition coefficient (Wildman–Crippen LogP) is 3.39. The fraction of sp³-hybridized carbons (Fsp3) is 0.571. The van der Waals surface area contributed by atoms with Gasteiger partial charge in [-0.05, 0) is 49.4 Å². The summed E-state index contributed by atoms with van der Waals surface area (Å²) in [5.41, 5.74) is 0.896. The molecule has 3 rings (SSSR count). The molecule has 2 aliphatic rings. The lowest BCUT2D eigenvalue weighted by Gasteiger charge is -2.29. The maximum atomic E-state index is 13.2. The minimum Gasteiger partial charge on any atom is -0.373 e. The Morgan fingerprint density at radius 3 is 2.61 bits per heavy atom. The van der Waals surface area contributed by atoms with Crippen LogP contribution in [-0.4, -0.2) is 18.2 Å². The predicted molar refractivity (Wildman–Crippen MR) is 71.9 cm³/mol. The summed E-state index contributed by atoms with van der Waals surface area (Å²) in [7, 11) is 0. The van der Waals surface area contributed by atoms with Crippen molar-refractivity contribution in [2.45, 2.75) is 50.5 Å². The molecular weight excluding hydrogens is 297 g/mol. The van der Waals surface area contributed by atoms with Gasteiger partial charge in [-0.2, -0.15) is 0 Å². The largest absolute Gasteiger partial charge is 0.373 e. The van der Waals surface area contributed by atoms with Gasteiger partial charge in [0.2, 0.25) is 0 Å². The first-order valence-corrected chi connectivity index (χ1v) is 7.31. The van der Waals surface area contributed by atoms with Crippen LogP contribution < -0.4 is 5.32 Å². The van der Waals surface area contributed by atoms with E-state index >= 15 is 0 Å². The summed E-state index contributed by atoms with van der Waals surface area (Å²) >= 11 is 3.30. The van der Waals surface area contributed by atoms with E-state index in [0.717, 1.165) is 22.9 Å². The number of nitrogens with one attached hydrogen (secondary N) is 1. The second-order valence-electron chi connectivity index (χ2n) is 5.32. The molecule has 1 aromatic rings. The Labute approximate surface area is 115 Å².